The van der Waals surface area contributed by atoms with Crippen LogP contribution in [0.4, 0.5) is 0 Å². The second kappa shape index (κ2) is 9.60. The third-order valence-electron chi connectivity index (χ3n) is 5.02. The van der Waals surface area contributed by atoms with Gasteiger partial charge in [-0.25, -0.2) is 0 Å². The Morgan fingerprint density at radius 3 is 2.54 bits per heavy atom. The highest BCUT2D eigenvalue weighted by Crippen LogP contribution is 2.18. The van der Waals surface area contributed by atoms with Crippen molar-refractivity contribution in [3.8, 4) is 5.75 Å². The number of amides is 2. The van der Waals surface area contributed by atoms with Crippen LogP contribution in [0.2, 0.25) is 5.02 Å². The number of halogens is 1. The zero-order valence-electron chi connectivity index (χ0n) is 16.0. The molecule has 1 N–H and O–H groups in total. The van der Waals surface area contributed by atoms with Gasteiger partial charge in [0.2, 0.25) is 5.91 Å². The van der Waals surface area contributed by atoms with Gasteiger partial charge in [0.15, 0.2) is 0 Å². The molecule has 1 saturated heterocycles. The molecule has 0 unspecified atom stereocenters. The van der Waals surface area contributed by atoms with Crippen molar-refractivity contribution >= 4 is 23.4 Å². The molecule has 1 aliphatic rings. The Bertz CT molecular complexity index is 815. The first kappa shape index (κ1) is 20.2. The van der Waals surface area contributed by atoms with Crippen LogP contribution >= 0.6 is 11.6 Å². The molecule has 1 aliphatic heterocycles. The zero-order chi connectivity index (χ0) is 19.9. The summed E-state index contributed by atoms with van der Waals surface area (Å²) in [5, 5.41) is 3.79. The SMILES string of the molecule is COc1cccc(C(=O)N2CCC(NC(=O)CCc3ccc(Cl)cc3)CC2)c1. The molecule has 0 aliphatic carbocycles. The van der Waals surface area contributed by atoms with Gasteiger partial charge in [-0.3, -0.25) is 9.59 Å². The molecule has 3 rings (SSSR count). The van der Waals surface area contributed by atoms with Crippen molar-refractivity contribution in [3.05, 3.63) is 64.7 Å². The normalized spacial score (nSPS) is 14.6. The number of carbonyl (C=O) groups is 2. The summed E-state index contributed by atoms with van der Waals surface area (Å²) in [6, 6.07) is 14.9. The first-order valence-electron chi connectivity index (χ1n) is 9.52. The minimum atomic E-state index is 0.00594. The van der Waals surface area contributed by atoms with Gasteiger partial charge in [0.05, 0.1) is 7.11 Å². The van der Waals surface area contributed by atoms with E-state index in [0.717, 1.165) is 18.4 Å². The van der Waals surface area contributed by atoms with E-state index in [2.05, 4.69) is 5.32 Å². The largest absolute Gasteiger partial charge is 0.497 e. The third-order valence-corrected chi connectivity index (χ3v) is 5.27. The summed E-state index contributed by atoms with van der Waals surface area (Å²) in [6.45, 7) is 1.27. The van der Waals surface area contributed by atoms with E-state index in [1.165, 1.54) is 0 Å². The van der Waals surface area contributed by atoms with E-state index in [9.17, 15) is 9.59 Å². The van der Waals surface area contributed by atoms with Gasteiger partial charge >= 0.3 is 0 Å². The fourth-order valence-corrected chi connectivity index (χ4v) is 3.50. The van der Waals surface area contributed by atoms with Crippen molar-refractivity contribution in [2.45, 2.75) is 31.7 Å². The van der Waals surface area contributed by atoms with Gasteiger partial charge in [-0.2, -0.15) is 0 Å². The summed E-state index contributed by atoms with van der Waals surface area (Å²) in [4.78, 5) is 26.7. The number of carbonyl (C=O) groups excluding carboxylic acids is 2. The van der Waals surface area contributed by atoms with E-state index in [1.807, 2.05) is 41.3 Å². The van der Waals surface area contributed by atoms with Crippen molar-refractivity contribution in [1.82, 2.24) is 10.2 Å². The number of nitrogens with zero attached hydrogens (tertiary/aromatic N) is 1. The van der Waals surface area contributed by atoms with Gasteiger partial charge in [0, 0.05) is 36.1 Å². The highest BCUT2D eigenvalue weighted by Gasteiger charge is 2.24. The lowest BCUT2D eigenvalue weighted by Gasteiger charge is -2.32. The molecule has 0 aromatic heterocycles. The summed E-state index contributed by atoms with van der Waals surface area (Å²) in [7, 11) is 1.59. The van der Waals surface area contributed by atoms with E-state index in [1.54, 1.807) is 19.2 Å². The molecule has 2 aromatic carbocycles. The molecule has 1 fully saturated rings. The smallest absolute Gasteiger partial charge is 0.253 e. The predicted molar refractivity (Wildman–Crippen MR) is 110 cm³/mol. The van der Waals surface area contributed by atoms with Crippen LogP contribution in [0, 0.1) is 0 Å². The topological polar surface area (TPSA) is 58.6 Å². The molecule has 1 heterocycles. The molecular weight excluding hydrogens is 376 g/mol. The average molecular weight is 401 g/mol. The first-order chi connectivity index (χ1) is 13.5. The van der Waals surface area contributed by atoms with Crippen molar-refractivity contribution in [2.24, 2.45) is 0 Å². The van der Waals surface area contributed by atoms with E-state index in [4.69, 9.17) is 16.3 Å². The molecule has 2 amide bonds. The summed E-state index contributed by atoms with van der Waals surface area (Å²) >= 11 is 5.88. The minimum Gasteiger partial charge on any atom is -0.497 e. The summed E-state index contributed by atoms with van der Waals surface area (Å²) in [5.74, 6) is 0.729. The Kier molecular flexibility index (Phi) is 6.93. The molecule has 0 radical (unpaired) electrons. The van der Waals surface area contributed by atoms with E-state index in [0.29, 0.717) is 42.3 Å². The number of nitrogens with one attached hydrogen (secondary N) is 1. The summed E-state index contributed by atoms with van der Waals surface area (Å²) < 4.78 is 5.19. The molecule has 2 aromatic rings. The molecular formula is C22H25ClN2O3. The van der Waals surface area contributed by atoms with Crippen LogP contribution in [-0.4, -0.2) is 43.0 Å². The summed E-state index contributed by atoms with van der Waals surface area (Å²) in [6.07, 6.45) is 2.67. The van der Waals surface area contributed by atoms with Crippen molar-refractivity contribution < 1.29 is 14.3 Å². The van der Waals surface area contributed by atoms with Crippen molar-refractivity contribution in [2.75, 3.05) is 20.2 Å². The fraction of sp³-hybridized carbons (Fsp3) is 0.364. The highest BCUT2D eigenvalue weighted by atomic mass is 35.5. The first-order valence-corrected chi connectivity index (χ1v) is 9.90. The standard InChI is InChI=1S/C22H25ClN2O3/c1-28-20-4-2-3-17(15-20)22(27)25-13-11-19(12-14-25)24-21(26)10-7-16-5-8-18(23)9-6-16/h2-6,8-9,15,19H,7,10-14H2,1H3,(H,24,26). The Hall–Kier alpha value is -2.53. The molecule has 5 nitrogen and oxygen atoms in total. The molecule has 0 bridgehead atoms. The number of benzene rings is 2. The molecule has 0 spiro atoms. The average Bonchev–Trinajstić information content (AvgIpc) is 2.73. The fourth-order valence-electron chi connectivity index (χ4n) is 3.37. The molecule has 0 saturated carbocycles. The lowest BCUT2D eigenvalue weighted by Crippen LogP contribution is -2.46. The van der Waals surface area contributed by atoms with E-state index < -0.39 is 0 Å². The van der Waals surface area contributed by atoms with Gasteiger partial charge in [-0.05, 0) is 55.2 Å². The van der Waals surface area contributed by atoms with Crippen molar-refractivity contribution in [3.63, 3.8) is 0 Å². The van der Waals surface area contributed by atoms with Gasteiger partial charge in [-0.15, -0.1) is 0 Å². The predicted octanol–water partition coefficient (Wildman–Crippen LogP) is 3.70. The number of methoxy groups -OCH3 is 1. The third kappa shape index (κ3) is 5.49. The van der Waals surface area contributed by atoms with Crippen LogP contribution in [0.1, 0.15) is 35.2 Å². The molecule has 6 heteroatoms. The number of likely N-dealkylation sites (tertiary alicyclic amines) is 1. The Balaban J connectivity index is 1.43. The van der Waals surface area contributed by atoms with Gasteiger partial charge in [0.25, 0.3) is 5.91 Å². The van der Waals surface area contributed by atoms with Gasteiger partial charge in [-0.1, -0.05) is 29.8 Å². The molecule has 148 valence electrons. The van der Waals surface area contributed by atoms with E-state index in [-0.39, 0.29) is 17.9 Å². The van der Waals surface area contributed by atoms with Gasteiger partial charge in [0.1, 0.15) is 5.75 Å². The second-order valence-electron chi connectivity index (χ2n) is 6.99. The van der Waals surface area contributed by atoms with Crippen LogP contribution in [0.5, 0.6) is 5.75 Å². The Morgan fingerprint density at radius 1 is 1.14 bits per heavy atom. The lowest BCUT2D eigenvalue weighted by atomic mass is 10.0. The highest BCUT2D eigenvalue weighted by molar-refractivity contribution is 6.30. The number of aryl methyl sites for hydroxylation is 1. The maximum Gasteiger partial charge on any atom is 0.253 e. The van der Waals surface area contributed by atoms with Crippen LogP contribution in [-0.2, 0) is 11.2 Å². The molecule has 28 heavy (non-hydrogen) atoms. The number of hydrogen-bond acceptors (Lipinski definition) is 3. The number of ether oxygens (including phenoxy) is 1. The maximum absolute atomic E-state index is 12.7. The van der Waals surface area contributed by atoms with Gasteiger partial charge < -0.3 is 15.0 Å². The van der Waals surface area contributed by atoms with Crippen LogP contribution in [0.25, 0.3) is 0 Å². The minimum absolute atomic E-state index is 0.00594. The summed E-state index contributed by atoms with van der Waals surface area (Å²) in [5.41, 5.74) is 1.73. The zero-order valence-corrected chi connectivity index (χ0v) is 16.7. The number of hydrogen-bond donors (Lipinski definition) is 1. The maximum atomic E-state index is 12.7. The lowest BCUT2D eigenvalue weighted by molar-refractivity contribution is -0.122. The second-order valence-corrected chi connectivity index (χ2v) is 7.43. The van der Waals surface area contributed by atoms with Crippen LogP contribution in [0.3, 0.4) is 0 Å². The molecule has 0 atom stereocenters. The van der Waals surface area contributed by atoms with Crippen LogP contribution in [0.15, 0.2) is 48.5 Å². The van der Waals surface area contributed by atoms with Crippen LogP contribution < -0.4 is 10.1 Å². The number of rotatable bonds is 6. The Morgan fingerprint density at radius 2 is 1.86 bits per heavy atom. The monoisotopic (exact) mass is 400 g/mol. The van der Waals surface area contributed by atoms with Crippen molar-refractivity contribution in [1.29, 1.82) is 0 Å². The quantitative estimate of drug-likeness (QED) is 0.804. The van der Waals surface area contributed by atoms with E-state index >= 15 is 0 Å². The number of piperidine rings is 1. The Labute approximate surface area is 170 Å².